The number of hydrogen-bond acceptors (Lipinski definition) is 4. The van der Waals surface area contributed by atoms with Crippen LogP contribution in [-0.2, 0) is 0 Å². The van der Waals surface area contributed by atoms with Gasteiger partial charge in [-0.15, -0.1) is 0 Å². The number of aromatic nitrogens is 5. The average Bonchev–Trinajstić information content (AvgIpc) is 4.07. The Bertz CT molecular complexity index is 4290. The number of fused-ring (bicyclic) bond motifs is 9. The summed E-state index contributed by atoms with van der Waals surface area (Å²) >= 11 is 0. The summed E-state index contributed by atoms with van der Waals surface area (Å²) in [5.74, 6) is 1.75. The third-order valence-electron chi connectivity index (χ3n) is 13.5. The molecule has 0 radical (unpaired) electrons. The first-order chi connectivity index (χ1) is 34.2. The molecule has 6 heteroatoms. The lowest BCUT2D eigenvalue weighted by Gasteiger charge is -2.12. The Labute approximate surface area is 396 Å². The van der Waals surface area contributed by atoms with Crippen molar-refractivity contribution in [3.63, 3.8) is 0 Å². The molecule has 0 fully saturated rings. The third kappa shape index (κ3) is 6.38. The zero-order valence-electron chi connectivity index (χ0n) is 37.2. The Morgan fingerprint density at radius 3 is 1.46 bits per heavy atom. The predicted octanol–water partition coefficient (Wildman–Crippen LogP) is 16.3. The maximum Gasteiger partial charge on any atom is 0.164 e. The molecule has 6 nitrogen and oxygen atoms in total. The lowest BCUT2D eigenvalue weighted by molar-refractivity contribution is 0.669. The fraction of sp³-hybridized carbons (Fsp3) is 0. The lowest BCUT2D eigenvalue weighted by atomic mass is 9.98. The molecule has 0 saturated heterocycles. The number of hydrogen-bond donors (Lipinski definition) is 0. The number of rotatable bonds is 7. The van der Waals surface area contributed by atoms with E-state index >= 15 is 0 Å². The smallest absolute Gasteiger partial charge is 0.164 e. The monoisotopic (exact) mass is 881 g/mol. The first-order valence-electron chi connectivity index (χ1n) is 23.3. The van der Waals surface area contributed by atoms with Gasteiger partial charge in [0.25, 0.3) is 0 Å². The minimum absolute atomic E-state index is 0.563. The van der Waals surface area contributed by atoms with Gasteiger partial charge in [-0.3, -0.25) is 0 Å². The van der Waals surface area contributed by atoms with Crippen molar-refractivity contribution >= 4 is 65.6 Å². The summed E-state index contributed by atoms with van der Waals surface area (Å²) in [5, 5.41) is 6.74. The van der Waals surface area contributed by atoms with Gasteiger partial charge in [-0.05, 0) is 95.1 Å². The highest BCUT2D eigenvalue weighted by atomic mass is 16.3. The van der Waals surface area contributed by atoms with Crippen molar-refractivity contribution < 1.29 is 4.42 Å². The second-order valence-electron chi connectivity index (χ2n) is 17.6. The van der Waals surface area contributed by atoms with Gasteiger partial charge in [0.05, 0.1) is 22.1 Å². The van der Waals surface area contributed by atoms with E-state index in [1.165, 1.54) is 27.1 Å². The van der Waals surface area contributed by atoms with Gasteiger partial charge in [0.2, 0.25) is 0 Å². The van der Waals surface area contributed by atoms with E-state index in [-0.39, 0.29) is 0 Å². The molecule has 69 heavy (non-hydrogen) atoms. The summed E-state index contributed by atoms with van der Waals surface area (Å²) < 4.78 is 11.7. The molecule has 0 N–H and O–H groups in total. The van der Waals surface area contributed by atoms with Crippen molar-refractivity contribution in [3.8, 4) is 67.8 Å². The van der Waals surface area contributed by atoms with Gasteiger partial charge < -0.3 is 13.6 Å². The average molecular weight is 882 g/mol. The van der Waals surface area contributed by atoms with Crippen LogP contribution in [0.5, 0.6) is 0 Å². The highest BCUT2D eigenvalue weighted by molar-refractivity contribution is 6.20. The molecule has 14 rings (SSSR count). The first-order valence-corrected chi connectivity index (χ1v) is 23.3. The molecule has 4 heterocycles. The van der Waals surface area contributed by atoms with Crippen LogP contribution in [0.3, 0.4) is 0 Å². The van der Waals surface area contributed by atoms with E-state index < -0.39 is 0 Å². The molecular formula is C63H39N5O. The summed E-state index contributed by atoms with van der Waals surface area (Å²) in [4.78, 5) is 15.8. The second kappa shape index (κ2) is 15.6. The molecule has 0 aliphatic rings. The molecular weight excluding hydrogens is 843 g/mol. The standard InChI is InChI=1S/C63H39N5O/c1-5-18-40(19-6-1)43-24-17-25-44(34-43)62-64-61(42-22-9-3-10-23-42)65-63(66-62)53-35-45(41-20-7-2-8-21-41)36-59-60(53)52-37-47(32-33-58(52)69-59)68-55-31-16-14-29-49(55)51-38-50-48-28-13-15-30-54(48)67(56(50)39-57(51)68)46-26-11-4-12-27-46/h1-39H. The normalized spacial score (nSPS) is 11.8. The maximum atomic E-state index is 6.89. The molecule has 0 bridgehead atoms. The summed E-state index contributed by atoms with van der Waals surface area (Å²) in [7, 11) is 0. The van der Waals surface area contributed by atoms with Crippen LogP contribution < -0.4 is 0 Å². The van der Waals surface area contributed by atoms with Gasteiger partial charge in [0.15, 0.2) is 17.5 Å². The minimum Gasteiger partial charge on any atom is -0.456 e. The summed E-state index contributed by atoms with van der Waals surface area (Å²) in [6.45, 7) is 0. The van der Waals surface area contributed by atoms with Gasteiger partial charge in [-0.2, -0.15) is 0 Å². The van der Waals surface area contributed by atoms with E-state index in [1.54, 1.807) is 0 Å². The molecule has 4 aromatic heterocycles. The van der Waals surface area contributed by atoms with Crippen LogP contribution >= 0.6 is 0 Å². The molecule has 0 atom stereocenters. The van der Waals surface area contributed by atoms with Crippen molar-refractivity contribution in [2.75, 3.05) is 0 Å². The van der Waals surface area contributed by atoms with Gasteiger partial charge in [0, 0.05) is 60.4 Å². The topological polar surface area (TPSA) is 61.7 Å². The molecule has 0 spiro atoms. The highest BCUT2D eigenvalue weighted by Crippen LogP contribution is 2.43. The molecule has 0 unspecified atom stereocenters. The lowest BCUT2D eigenvalue weighted by Crippen LogP contribution is -2.01. The van der Waals surface area contributed by atoms with Crippen LogP contribution in [-0.4, -0.2) is 24.1 Å². The Morgan fingerprint density at radius 1 is 0.275 bits per heavy atom. The van der Waals surface area contributed by atoms with Gasteiger partial charge in [-0.25, -0.2) is 15.0 Å². The van der Waals surface area contributed by atoms with Gasteiger partial charge in [0.1, 0.15) is 11.2 Å². The number of nitrogens with zero attached hydrogens (tertiary/aromatic N) is 5. The van der Waals surface area contributed by atoms with Crippen LogP contribution in [0.4, 0.5) is 0 Å². The number of para-hydroxylation sites is 3. The van der Waals surface area contributed by atoms with Crippen molar-refractivity contribution in [2.24, 2.45) is 0 Å². The maximum absolute atomic E-state index is 6.89. The van der Waals surface area contributed by atoms with E-state index in [0.29, 0.717) is 17.5 Å². The summed E-state index contributed by atoms with van der Waals surface area (Å²) in [5.41, 5.74) is 15.2. The largest absolute Gasteiger partial charge is 0.456 e. The first kappa shape index (κ1) is 38.8. The summed E-state index contributed by atoms with van der Waals surface area (Å²) in [6.07, 6.45) is 0. The zero-order chi connectivity index (χ0) is 45.4. The zero-order valence-corrected chi connectivity index (χ0v) is 37.2. The third-order valence-corrected chi connectivity index (χ3v) is 13.5. The van der Waals surface area contributed by atoms with Crippen LogP contribution in [0.15, 0.2) is 241 Å². The molecule has 0 saturated carbocycles. The molecule has 14 aromatic rings. The van der Waals surface area contributed by atoms with E-state index in [2.05, 4.69) is 215 Å². The SMILES string of the molecule is c1ccc(-c2cccc(-c3nc(-c4ccccc4)nc(-c4cc(-c5ccccc5)cc5oc6ccc(-n7c8ccccc8c8cc9c%10ccccc%10n(-c%10ccccc%10)c9cc87)cc6c45)n3)c2)cc1. The van der Waals surface area contributed by atoms with Crippen LogP contribution in [0, 0.1) is 0 Å². The fourth-order valence-electron chi connectivity index (χ4n) is 10.4. The fourth-order valence-corrected chi connectivity index (χ4v) is 10.4. The minimum atomic E-state index is 0.563. The van der Waals surface area contributed by atoms with Crippen molar-refractivity contribution in [3.05, 3.63) is 237 Å². The molecule has 0 aliphatic heterocycles. The number of benzene rings is 10. The predicted molar refractivity (Wildman–Crippen MR) is 283 cm³/mol. The second-order valence-corrected chi connectivity index (χ2v) is 17.6. The quantitative estimate of drug-likeness (QED) is 0.160. The van der Waals surface area contributed by atoms with Crippen molar-refractivity contribution in [1.29, 1.82) is 0 Å². The van der Waals surface area contributed by atoms with E-state index in [0.717, 1.165) is 88.8 Å². The van der Waals surface area contributed by atoms with Crippen molar-refractivity contribution in [1.82, 2.24) is 24.1 Å². The van der Waals surface area contributed by atoms with Crippen LogP contribution in [0.25, 0.3) is 133 Å². The summed E-state index contributed by atoms with van der Waals surface area (Å²) in [6, 6.07) is 83.3. The van der Waals surface area contributed by atoms with Gasteiger partial charge >= 0.3 is 0 Å². The van der Waals surface area contributed by atoms with Crippen LogP contribution in [0.2, 0.25) is 0 Å². The highest BCUT2D eigenvalue weighted by Gasteiger charge is 2.23. The molecule has 0 aliphatic carbocycles. The Hall–Kier alpha value is -9.39. The molecule has 0 amide bonds. The van der Waals surface area contributed by atoms with Gasteiger partial charge in [-0.1, -0.05) is 164 Å². The Morgan fingerprint density at radius 2 is 0.797 bits per heavy atom. The van der Waals surface area contributed by atoms with E-state index in [4.69, 9.17) is 19.4 Å². The van der Waals surface area contributed by atoms with Crippen molar-refractivity contribution in [2.45, 2.75) is 0 Å². The van der Waals surface area contributed by atoms with E-state index in [9.17, 15) is 0 Å². The van der Waals surface area contributed by atoms with E-state index in [1.807, 2.05) is 30.3 Å². The number of furan rings is 1. The molecule has 10 aromatic carbocycles. The van der Waals surface area contributed by atoms with Crippen LogP contribution in [0.1, 0.15) is 0 Å². The Kier molecular flexibility index (Phi) is 8.79. The molecule has 322 valence electrons. The Balaban J connectivity index is 1.03.